The highest BCUT2D eigenvalue weighted by atomic mass is 31.2. The molecule has 0 heterocycles. The van der Waals surface area contributed by atoms with E-state index in [4.69, 9.17) is 37.0 Å². The van der Waals surface area contributed by atoms with Gasteiger partial charge in [0.25, 0.3) is 0 Å². The Balaban J connectivity index is 5.02. The highest BCUT2D eigenvalue weighted by Crippen LogP contribution is 2.45. The molecule has 0 aliphatic heterocycles. The van der Waals surface area contributed by atoms with E-state index >= 15 is 0 Å². The Morgan fingerprint density at radius 1 is 0.267 bits per heavy atom. The first kappa shape index (κ1) is 88.1. The van der Waals surface area contributed by atoms with E-state index in [2.05, 4.69) is 27.7 Å². The lowest BCUT2D eigenvalue weighted by molar-refractivity contribution is -0.161. The van der Waals surface area contributed by atoms with Gasteiger partial charge in [-0.2, -0.15) is 0 Å². The van der Waals surface area contributed by atoms with Crippen LogP contribution in [0.4, 0.5) is 0 Å². The van der Waals surface area contributed by atoms with Crippen LogP contribution in [0.25, 0.3) is 0 Å². The van der Waals surface area contributed by atoms with Crippen molar-refractivity contribution in [3.63, 3.8) is 0 Å². The SMILES string of the molecule is CCCCCCCCCCCCCCCCCCCCCCC(=O)OC[C@H](COP(=O)(O)OC[C@@H](O)COP(=O)(O)OC[C@@H](COC(=O)CCCCCCC)OC(=O)CCCCCCC)OC(=O)CCCCCCCCCCCCCCCCCCCCCC. The molecular formula is C71H138O17P2. The first-order valence-electron chi connectivity index (χ1n) is 37.3. The largest absolute Gasteiger partial charge is 0.472 e. The zero-order chi connectivity index (χ0) is 66.1. The third-order valence-corrected chi connectivity index (χ3v) is 18.5. The molecule has 5 atom stereocenters. The predicted octanol–water partition coefficient (Wildman–Crippen LogP) is 20.7. The van der Waals surface area contributed by atoms with E-state index in [1.54, 1.807) is 0 Å². The molecule has 90 heavy (non-hydrogen) atoms. The first-order valence-corrected chi connectivity index (χ1v) is 40.3. The van der Waals surface area contributed by atoms with Crippen LogP contribution in [0.15, 0.2) is 0 Å². The Labute approximate surface area is 549 Å². The van der Waals surface area contributed by atoms with E-state index in [0.717, 1.165) is 96.3 Å². The molecule has 0 spiro atoms. The second kappa shape index (κ2) is 65.7. The van der Waals surface area contributed by atoms with Crippen LogP contribution in [0.5, 0.6) is 0 Å². The van der Waals surface area contributed by atoms with Crippen molar-refractivity contribution in [1.82, 2.24) is 0 Å². The smallest absolute Gasteiger partial charge is 0.462 e. The molecule has 0 bridgehead atoms. The molecule has 3 N–H and O–H groups in total. The van der Waals surface area contributed by atoms with Gasteiger partial charge in [0.05, 0.1) is 26.4 Å². The summed E-state index contributed by atoms with van der Waals surface area (Å²) in [6.07, 6.45) is 55.3. The van der Waals surface area contributed by atoms with E-state index in [0.29, 0.717) is 25.7 Å². The number of aliphatic hydroxyl groups is 1. The number of hydrogen-bond acceptors (Lipinski definition) is 15. The Morgan fingerprint density at radius 3 is 0.656 bits per heavy atom. The first-order chi connectivity index (χ1) is 43.7. The van der Waals surface area contributed by atoms with Crippen LogP contribution in [-0.4, -0.2) is 96.7 Å². The van der Waals surface area contributed by atoms with E-state index in [1.807, 2.05) is 0 Å². The maximum Gasteiger partial charge on any atom is 0.472 e. The molecular weight excluding hydrogens is 1190 g/mol. The molecule has 0 aromatic rings. The topological polar surface area (TPSA) is 237 Å². The van der Waals surface area contributed by atoms with Gasteiger partial charge in [0.1, 0.15) is 19.3 Å². The summed E-state index contributed by atoms with van der Waals surface area (Å²) < 4.78 is 67.8. The molecule has 0 aliphatic rings. The number of aliphatic hydroxyl groups excluding tert-OH is 1. The maximum atomic E-state index is 13.0. The lowest BCUT2D eigenvalue weighted by Gasteiger charge is -2.21. The highest BCUT2D eigenvalue weighted by Gasteiger charge is 2.30. The molecule has 0 aliphatic carbocycles. The summed E-state index contributed by atoms with van der Waals surface area (Å²) >= 11 is 0. The Morgan fingerprint density at radius 2 is 0.444 bits per heavy atom. The van der Waals surface area contributed by atoms with Crippen LogP contribution in [0.1, 0.15) is 374 Å². The minimum absolute atomic E-state index is 0.0993. The molecule has 0 saturated heterocycles. The number of phosphoric ester groups is 2. The molecule has 0 rings (SSSR count). The van der Waals surface area contributed by atoms with Crippen molar-refractivity contribution in [2.45, 2.75) is 393 Å². The summed E-state index contributed by atoms with van der Waals surface area (Å²) in [7, 11) is -9.88. The average Bonchev–Trinajstić information content (AvgIpc) is 3.70. The zero-order valence-electron chi connectivity index (χ0n) is 58.1. The molecule has 0 saturated carbocycles. The predicted molar refractivity (Wildman–Crippen MR) is 363 cm³/mol. The van der Waals surface area contributed by atoms with Crippen LogP contribution >= 0.6 is 15.6 Å². The van der Waals surface area contributed by atoms with Gasteiger partial charge in [-0.15, -0.1) is 0 Å². The van der Waals surface area contributed by atoms with Gasteiger partial charge < -0.3 is 33.8 Å². The van der Waals surface area contributed by atoms with Crippen molar-refractivity contribution >= 4 is 39.5 Å². The van der Waals surface area contributed by atoms with Crippen molar-refractivity contribution in [3.8, 4) is 0 Å². The molecule has 0 aromatic heterocycles. The van der Waals surface area contributed by atoms with Crippen LogP contribution in [0.2, 0.25) is 0 Å². The Hall–Kier alpha value is -1.94. The van der Waals surface area contributed by atoms with Gasteiger partial charge in [-0.25, -0.2) is 9.13 Å². The average molecular weight is 1330 g/mol. The lowest BCUT2D eigenvalue weighted by atomic mass is 10.0. The summed E-state index contributed by atoms with van der Waals surface area (Å²) in [5, 5.41) is 10.5. The number of hydrogen-bond donors (Lipinski definition) is 3. The summed E-state index contributed by atoms with van der Waals surface area (Å²) in [4.78, 5) is 71.9. The van der Waals surface area contributed by atoms with E-state index in [1.165, 1.54) is 199 Å². The van der Waals surface area contributed by atoms with Crippen LogP contribution in [-0.2, 0) is 65.4 Å². The molecule has 19 heteroatoms. The number of carbonyl (C=O) groups is 4. The van der Waals surface area contributed by atoms with Crippen LogP contribution in [0, 0.1) is 0 Å². The minimum atomic E-state index is -4.95. The molecule has 0 fully saturated rings. The van der Waals surface area contributed by atoms with Crippen molar-refractivity contribution in [2.24, 2.45) is 0 Å². The van der Waals surface area contributed by atoms with E-state index in [-0.39, 0.29) is 25.7 Å². The maximum absolute atomic E-state index is 13.0. The molecule has 2 unspecified atom stereocenters. The monoisotopic (exact) mass is 1320 g/mol. The minimum Gasteiger partial charge on any atom is -0.462 e. The Kier molecular flexibility index (Phi) is 64.3. The van der Waals surface area contributed by atoms with E-state index < -0.39 is 97.5 Å². The summed E-state index contributed by atoms with van der Waals surface area (Å²) in [6, 6.07) is 0. The normalized spacial score (nSPS) is 14.0. The molecule has 0 radical (unpaired) electrons. The van der Waals surface area contributed by atoms with Gasteiger partial charge in [-0.1, -0.05) is 323 Å². The molecule has 534 valence electrons. The van der Waals surface area contributed by atoms with Crippen molar-refractivity contribution < 1.29 is 80.2 Å². The van der Waals surface area contributed by atoms with Crippen molar-refractivity contribution in [1.29, 1.82) is 0 Å². The van der Waals surface area contributed by atoms with E-state index in [9.17, 15) is 43.2 Å². The van der Waals surface area contributed by atoms with Gasteiger partial charge in [-0.3, -0.25) is 37.3 Å². The lowest BCUT2D eigenvalue weighted by Crippen LogP contribution is -2.30. The highest BCUT2D eigenvalue weighted by molar-refractivity contribution is 7.47. The Bertz CT molecular complexity index is 1720. The quantitative estimate of drug-likeness (QED) is 0.0222. The second-order valence-electron chi connectivity index (χ2n) is 25.6. The molecule has 17 nitrogen and oxygen atoms in total. The standard InChI is InChI=1S/C71H138O17P2/c1-5-9-13-17-19-21-23-25-27-29-31-33-35-37-39-41-43-45-49-52-56-69(74)82-62-67(88-71(76)58-54-50-46-44-42-40-38-36-34-32-30-28-26-24-22-20-18-14-10-6-2)64-86-90(79,80)84-60-65(72)59-83-89(77,78)85-63-66(87-70(75)57-53-48-16-12-8-4)61-81-68(73)55-51-47-15-11-7-3/h65-67,72H,5-64H2,1-4H3,(H,77,78)(H,79,80)/t65-,66+,67+/m0/s1. The fourth-order valence-electron chi connectivity index (χ4n) is 10.9. The zero-order valence-corrected chi connectivity index (χ0v) is 59.9. The fourth-order valence-corrected chi connectivity index (χ4v) is 12.4. The molecule has 0 amide bonds. The van der Waals surface area contributed by atoms with Gasteiger partial charge >= 0.3 is 39.5 Å². The number of carbonyl (C=O) groups excluding carboxylic acids is 4. The van der Waals surface area contributed by atoms with Crippen LogP contribution < -0.4 is 0 Å². The van der Waals surface area contributed by atoms with Gasteiger partial charge in [-0.05, 0) is 25.7 Å². The number of unbranched alkanes of at least 4 members (excludes halogenated alkanes) is 46. The van der Waals surface area contributed by atoms with Crippen molar-refractivity contribution in [3.05, 3.63) is 0 Å². The van der Waals surface area contributed by atoms with Crippen molar-refractivity contribution in [2.75, 3.05) is 39.6 Å². The number of phosphoric acid groups is 2. The number of rotatable bonds is 72. The third-order valence-electron chi connectivity index (χ3n) is 16.6. The molecule has 0 aromatic carbocycles. The number of ether oxygens (including phenoxy) is 4. The summed E-state index contributed by atoms with van der Waals surface area (Å²) in [5.41, 5.74) is 0. The van der Waals surface area contributed by atoms with Gasteiger partial charge in [0, 0.05) is 25.7 Å². The third kappa shape index (κ3) is 64.8. The van der Waals surface area contributed by atoms with Crippen LogP contribution in [0.3, 0.4) is 0 Å². The fraction of sp³-hybridized carbons (Fsp3) is 0.944. The number of esters is 4. The van der Waals surface area contributed by atoms with Gasteiger partial charge in [0.15, 0.2) is 12.2 Å². The second-order valence-corrected chi connectivity index (χ2v) is 28.5. The summed E-state index contributed by atoms with van der Waals surface area (Å²) in [5.74, 6) is -2.15. The van der Waals surface area contributed by atoms with Gasteiger partial charge in [0.2, 0.25) is 0 Å². The summed E-state index contributed by atoms with van der Waals surface area (Å²) in [6.45, 7) is 4.75.